The number of rotatable bonds is 7. The van der Waals surface area contributed by atoms with E-state index in [-0.39, 0.29) is 28.6 Å². The number of carbonyl (C=O) groups excluding carboxylic acids is 3. The van der Waals surface area contributed by atoms with Crippen molar-refractivity contribution < 1.29 is 23.9 Å². The van der Waals surface area contributed by atoms with Crippen molar-refractivity contribution in [3.63, 3.8) is 0 Å². The summed E-state index contributed by atoms with van der Waals surface area (Å²) in [7, 11) is 2.76. The zero-order valence-corrected chi connectivity index (χ0v) is 17.2. The molecule has 0 aliphatic rings. The SMILES string of the molecule is COc1cc(N)c(Cl)cc1C(=O)OCC(=O)N(C)CC(=O)Nc1ccccc1Cl. The first-order valence-electron chi connectivity index (χ1n) is 8.31. The molecule has 0 aromatic heterocycles. The molecule has 0 spiro atoms. The summed E-state index contributed by atoms with van der Waals surface area (Å²) >= 11 is 11.9. The molecule has 0 bridgehead atoms. The van der Waals surface area contributed by atoms with Gasteiger partial charge in [0.1, 0.15) is 11.3 Å². The van der Waals surface area contributed by atoms with Crippen molar-refractivity contribution in [1.82, 2.24) is 4.90 Å². The maximum absolute atomic E-state index is 12.2. The van der Waals surface area contributed by atoms with Gasteiger partial charge in [0.25, 0.3) is 5.91 Å². The molecule has 0 saturated heterocycles. The van der Waals surface area contributed by atoms with Gasteiger partial charge >= 0.3 is 5.97 Å². The number of nitrogens with zero attached hydrogens (tertiary/aromatic N) is 1. The van der Waals surface area contributed by atoms with Crippen LogP contribution in [0.1, 0.15) is 10.4 Å². The van der Waals surface area contributed by atoms with E-state index < -0.39 is 24.4 Å². The molecule has 2 aromatic carbocycles. The monoisotopic (exact) mass is 439 g/mol. The van der Waals surface area contributed by atoms with Crippen molar-refractivity contribution in [2.75, 3.05) is 38.4 Å². The van der Waals surface area contributed by atoms with Gasteiger partial charge in [-0.25, -0.2) is 4.79 Å². The van der Waals surface area contributed by atoms with Crippen LogP contribution in [-0.2, 0) is 14.3 Å². The van der Waals surface area contributed by atoms with Gasteiger partial charge in [-0.2, -0.15) is 0 Å². The Labute approximate surface area is 177 Å². The van der Waals surface area contributed by atoms with Gasteiger partial charge < -0.3 is 25.4 Å². The van der Waals surface area contributed by atoms with Gasteiger partial charge in [0.15, 0.2) is 6.61 Å². The molecule has 0 radical (unpaired) electrons. The zero-order chi connectivity index (χ0) is 21.6. The van der Waals surface area contributed by atoms with Crippen LogP contribution < -0.4 is 15.8 Å². The molecule has 10 heteroatoms. The highest BCUT2D eigenvalue weighted by molar-refractivity contribution is 6.34. The van der Waals surface area contributed by atoms with Crippen LogP contribution in [-0.4, -0.2) is 50.0 Å². The van der Waals surface area contributed by atoms with Gasteiger partial charge in [-0.1, -0.05) is 35.3 Å². The van der Waals surface area contributed by atoms with Gasteiger partial charge in [0, 0.05) is 13.1 Å². The van der Waals surface area contributed by atoms with Crippen LogP contribution in [0.15, 0.2) is 36.4 Å². The Bertz CT molecular complexity index is 936. The second-order valence-electron chi connectivity index (χ2n) is 5.93. The molecule has 0 atom stereocenters. The molecule has 154 valence electrons. The average molecular weight is 440 g/mol. The molecule has 2 amide bonds. The van der Waals surface area contributed by atoms with Crippen molar-refractivity contribution in [2.24, 2.45) is 0 Å². The first-order valence-corrected chi connectivity index (χ1v) is 9.07. The minimum absolute atomic E-state index is 0.0265. The first kappa shape index (κ1) is 22.3. The number of para-hydroxylation sites is 1. The van der Waals surface area contributed by atoms with Crippen molar-refractivity contribution in [1.29, 1.82) is 0 Å². The van der Waals surface area contributed by atoms with E-state index in [1.54, 1.807) is 24.3 Å². The van der Waals surface area contributed by atoms with Crippen LogP contribution in [0.4, 0.5) is 11.4 Å². The number of carbonyl (C=O) groups is 3. The van der Waals surface area contributed by atoms with E-state index in [1.165, 1.54) is 26.3 Å². The maximum atomic E-state index is 12.2. The minimum atomic E-state index is -0.814. The number of likely N-dealkylation sites (N-methyl/N-ethyl adjacent to an activating group) is 1. The molecule has 3 N–H and O–H groups in total. The highest BCUT2D eigenvalue weighted by Crippen LogP contribution is 2.29. The summed E-state index contributed by atoms with van der Waals surface area (Å²) in [5.74, 6) is -1.68. The fourth-order valence-corrected chi connectivity index (χ4v) is 2.62. The minimum Gasteiger partial charge on any atom is -0.496 e. The van der Waals surface area contributed by atoms with E-state index in [1.807, 2.05) is 0 Å². The van der Waals surface area contributed by atoms with E-state index in [0.717, 1.165) is 4.90 Å². The topological polar surface area (TPSA) is 111 Å². The number of anilines is 2. The third kappa shape index (κ3) is 6.00. The summed E-state index contributed by atoms with van der Waals surface area (Å²) in [6.45, 7) is -0.821. The Morgan fingerprint density at radius 3 is 2.48 bits per heavy atom. The number of halogens is 2. The summed E-state index contributed by atoms with van der Waals surface area (Å²) in [5, 5.41) is 3.12. The van der Waals surface area contributed by atoms with Crippen molar-refractivity contribution in [3.8, 4) is 5.75 Å². The van der Waals surface area contributed by atoms with E-state index >= 15 is 0 Å². The number of ether oxygens (including phenoxy) is 2. The van der Waals surface area contributed by atoms with Gasteiger partial charge in [0.2, 0.25) is 5.91 Å². The lowest BCUT2D eigenvalue weighted by Gasteiger charge is -2.17. The highest BCUT2D eigenvalue weighted by atomic mass is 35.5. The van der Waals surface area contributed by atoms with Crippen LogP contribution in [0.2, 0.25) is 10.0 Å². The van der Waals surface area contributed by atoms with Crippen LogP contribution in [0.5, 0.6) is 5.75 Å². The smallest absolute Gasteiger partial charge is 0.342 e. The number of hydrogen-bond acceptors (Lipinski definition) is 6. The van der Waals surface area contributed by atoms with Gasteiger partial charge in [-0.3, -0.25) is 9.59 Å². The van der Waals surface area contributed by atoms with Gasteiger partial charge in [-0.05, 0) is 18.2 Å². The predicted octanol–water partition coefficient (Wildman–Crippen LogP) is 2.84. The van der Waals surface area contributed by atoms with E-state index in [2.05, 4.69) is 5.32 Å². The van der Waals surface area contributed by atoms with E-state index in [9.17, 15) is 14.4 Å². The number of nitrogen functional groups attached to an aromatic ring is 1. The lowest BCUT2D eigenvalue weighted by molar-refractivity contribution is -0.136. The number of amides is 2. The van der Waals surface area contributed by atoms with Crippen LogP contribution in [0.25, 0.3) is 0 Å². The molecule has 8 nitrogen and oxygen atoms in total. The summed E-state index contributed by atoms with van der Waals surface area (Å²) < 4.78 is 10.1. The number of nitrogens with two attached hydrogens (primary N) is 1. The molecule has 0 unspecified atom stereocenters. The number of nitrogens with one attached hydrogen (secondary N) is 1. The molecule has 29 heavy (non-hydrogen) atoms. The van der Waals surface area contributed by atoms with E-state index in [0.29, 0.717) is 10.7 Å². The largest absolute Gasteiger partial charge is 0.496 e. The zero-order valence-electron chi connectivity index (χ0n) is 15.7. The first-order chi connectivity index (χ1) is 13.7. The Balaban J connectivity index is 1.91. The fraction of sp³-hybridized carbons (Fsp3) is 0.211. The summed E-state index contributed by atoms with van der Waals surface area (Å²) in [4.78, 5) is 37.6. The number of esters is 1. The predicted molar refractivity (Wildman–Crippen MR) is 110 cm³/mol. The normalized spacial score (nSPS) is 10.2. The van der Waals surface area contributed by atoms with E-state index in [4.69, 9.17) is 38.4 Å². The Hall–Kier alpha value is -2.97. The van der Waals surface area contributed by atoms with Gasteiger partial charge in [-0.15, -0.1) is 0 Å². The van der Waals surface area contributed by atoms with Crippen LogP contribution >= 0.6 is 23.2 Å². The highest BCUT2D eigenvalue weighted by Gasteiger charge is 2.20. The van der Waals surface area contributed by atoms with Crippen molar-refractivity contribution in [3.05, 3.63) is 52.0 Å². The molecule has 0 heterocycles. The lowest BCUT2D eigenvalue weighted by atomic mass is 10.2. The summed E-state index contributed by atoms with van der Waals surface area (Å²) in [6, 6.07) is 9.38. The second-order valence-corrected chi connectivity index (χ2v) is 6.74. The summed E-state index contributed by atoms with van der Waals surface area (Å²) in [6.07, 6.45) is 0. The Morgan fingerprint density at radius 2 is 1.83 bits per heavy atom. The third-order valence-corrected chi connectivity index (χ3v) is 4.48. The fourth-order valence-electron chi connectivity index (χ4n) is 2.27. The van der Waals surface area contributed by atoms with Crippen LogP contribution in [0, 0.1) is 0 Å². The number of hydrogen-bond donors (Lipinski definition) is 2. The molecule has 0 aliphatic carbocycles. The molecule has 2 rings (SSSR count). The van der Waals surface area contributed by atoms with Gasteiger partial charge in [0.05, 0.1) is 35.1 Å². The lowest BCUT2D eigenvalue weighted by Crippen LogP contribution is -2.37. The Kier molecular flexibility index (Phi) is 7.69. The molecule has 0 fully saturated rings. The molecule has 0 aliphatic heterocycles. The summed E-state index contributed by atoms with van der Waals surface area (Å²) in [5.41, 5.74) is 6.36. The molecular formula is C19H19Cl2N3O5. The van der Waals surface area contributed by atoms with Crippen molar-refractivity contribution >= 4 is 52.4 Å². The maximum Gasteiger partial charge on any atom is 0.342 e. The third-order valence-electron chi connectivity index (χ3n) is 3.82. The second kappa shape index (κ2) is 9.99. The quantitative estimate of drug-likeness (QED) is 0.506. The number of benzene rings is 2. The molecule has 0 saturated carbocycles. The van der Waals surface area contributed by atoms with Crippen LogP contribution in [0.3, 0.4) is 0 Å². The Morgan fingerprint density at radius 1 is 1.14 bits per heavy atom. The number of methoxy groups -OCH3 is 1. The average Bonchev–Trinajstić information content (AvgIpc) is 2.69. The van der Waals surface area contributed by atoms with Crippen molar-refractivity contribution in [2.45, 2.75) is 0 Å². The standard InChI is InChI=1S/C19H19Cl2N3O5/c1-24(9-17(25)23-15-6-4-3-5-12(15)20)18(26)10-29-19(27)11-7-13(21)14(22)8-16(11)28-2/h3-8H,9-10,22H2,1-2H3,(H,23,25). The molecular weight excluding hydrogens is 421 g/mol. The molecule has 2 aromatic rings.